The van der Waals surface area contributed by atoms with E-state index in [9.17, 15) is 4.79 Å². The second-order valence-electron chi connectivity index (χ2n) is 6.38. The van der Waals surface area contributed by atoms with E-state index in [1.807, 2.05) is 30.3 Å². The van der Waals surface area contributed by atoms with Gasteiger partial charge in [-0.2, -0.15) is 0 Å². The number of hydrogen-bond acceptors (Lipinski definition) is 2. The first-order valence-corrected chi connectivity index (χ1v) is 9.98. The quantitative estimate of drug-likeness (QED) is 0.501. The summed E-state index contributed by atoms with van der Waals surface area (Å²) >= 11 is 9.31. The smallest absolute Gasteiger partial charge is 0.224 e. The van der Waals surface area contributed by atoms with Crippen LogP contribution in [0.3, 0.4) is 0 Å². The zero-order valence-electron chi connectivity index (χ0n) is 14.9. The van der Waals surface area contributed by atoms with Gasteiger partial charge in [-0.3, -0.25) is 4.79 Å². The van der Waals surface area contributed by atoms with Gasteiger partial charge in [-0.25, -0.2) is 4.98 Å². The maximum Gasteiger partial charge on any atom is 0.224 e. The minimum Gasteiger partial charge on any atom is -0.356 e. The molecule has 6 heteroatoms. The number of aryl methyl sites for hydroxylation is 1. The van der Waals surface area contributed by atoms with Gasteiger partial charge in [0.15, 0.2) is 0 Å². The molecule has 3 rings (SSSR count). The van der Waals surface area contributed by atoms with Gasteiger partial charge in [0.2, 0.25) is 5.91 Å². The van der Waals surface area contributed by atoms with Crippen LogP contribution in [0.25, 0.3) is 11.0 Å². The molecule has 4 nitrogen and oxygen atoms in total. The number of amides is 1. The molecule has 0 unspecified atom stereocenters. The van der Waals surface area contributed by atoms with E-state index in [1.165, 1.54) is 0 Å². The van der Waals surface area contributed by atoms with Crippen LogP contribution in [-0.4, -0.2) is 22.0 Å². The molecule has 0 aliphatic heterocycles. The number of imidazole rings is 1. The minimum atomic E-state index is 0.0136. The zero-order valence-corrected chi connectivity index (χ0v) is 17.3. The number of nitrogens with one attached hydrogen (secondary N) is 1. The summed E-state index contributed by atoms with van der Waals surface area (Å²) in [6.07, 6.45) is 1.97. The highest BCUT2D eigenvalue weighted by Crippen LogP contribution is 2.19. The predicted molar refractivity (Wildman–Crippen MR) is 114 cm³/mol. The lowest BCUT2D eigenvalue weighted by atomic mass is 10.1. The van der Waals surface area contributed by atoms with E-state index in [0.717, 1.165) is 39.7 Å². The molecular weight excluding hydrogens is 426 g/mol. The van der Waals surface area contributed by atoms with Gasteiger partial charge in [0, 0.05) is 22.5 Å². The van der Waals surface area contributed by atoms with Crippen molar-refractivity contribution in [2.24, 2.45) is 0 Å². The number of allylic oxidation sites excluding steroid dienone is 1. The number of nitrogens with zero attached hydrogens (tertiary/aromatic N) is 2. The molecule has 0 bridgehead atoms. The Bertz CT molecular complexity index is 950. The van der Waals surface area contributed by atoms with Crippen molar-refractivity contribution in [3.05, 3.63) is 76.0 Å². The fraction of sp³-hybridized carbons (Fsp3) is 0.238. The Labute approximate surface area is 172 Å². The second kappa shape index (κ2) is 9.20. The fourth-order valence-electron chi connectivity index (χ4n) is 2.99. The van der Waals surface area contributed by atoms with E-state index < -0.39 is 0 Å². The summed E-state index contributed by atoms with van der Waals surface area (Å²) < 4.78 is 3.07. The van der Waals surface area contributed by atoms with Gasteiger partial charge in [-0.1, -0.05) is 58.4 Å². The number of fused-ring (bicyclic) bond motifs is 1. The first-order chi connectivity index (χ1) is 13.0. The van der Waals surface area contributed by atoms with Gasteiger partial charge in [0.25, 0.3) is 0 Å². The highest BCUT2D eigenvalue weighted by molar-refractivity contribution is 9.11. The molecule has 1 N–H and O–H groups in total. The van der Waals surface area contributed by atoms with Gasteiger partial charge in [0.1, 0.15) is 5.82 Å². The van der Waals surface area contributed by atoms with E-state index in [4.69, 9.17) is 16.6 Å². The summed E-state index contributed by atoms with van der Waals surface area (Å²) in [6.45, 7) is 5.24. The van der Waals surface area contributed by atoms with Crippen LogP contribution in [0.2, 0.25) is 5.02 Å². The Morgan fingerprint density at radius 1 is 1.19 bits per heavy atom. The van der Waals surface area contributed by atoms with Gasteiger partial charge in [-0.15, -0.1) is 0 Å². The lowest BCUT2D eigenvalue weighted by Crippen LogP contribution is -2.26. The molecule has 2 aromatic carbocycles. The third-order valence-electron chi connectivity index (χ3n) is 4.24. The third kappa shape index (κ3) is 5.44. The maximum atomic E-state index is 12.1. The van der Waals surface area contributed by atoms with Crippen molar-refractivity contribution in [3.63, 3.8) is 0 Å². The van der Waals surface area contributed by atoms with Crippen LogP contribution in [0.5, 0.6) is 0 Å². The fourth-order valence-corrected chi connectivity index (χ4v) is 3.37. The number of carbonyl (C=O) groups is 1. The monoisotopic (exact) mass is 445 g/mol. The molecular formula is C21H21BrClN3O. The number of para-hydroxylation sites is 2. The number of rotatable bonds is 8. The average molecular weight is 447 g/mol. The number of aromatic nitrogens is 2. The Kier molecular flexibility index (Phi) is 6.69. The van der Waals surface area contributed by atoms with Crippen LogP contribution in [0.4, 0.5) is 0 Å². The van der Waals surface area contributed by atoms with Gasteiger partial charge in [-0.05, 0) is 36.2 Å². The molecule has 0 saturated carbocycles. The lowest BCUT2D eigenvalue weighted by Gasteiger charge is -2.09. The normalized spacial score (nSPS) is 10.9. The summed E-state index contributed by atoms with van der Waals surface area (Å²) in [5, 5.41) is 3.65. The zero-order chi connectivity index (χ0) is 19.2. The molecule has 0 aliphatic carbocycles. The third-order valence-corrected chi connectivity index (χ3v) is 4.74. The molecule has 0 aliphatic rings. The van der Waals surface area contributed by atoms with E-state index in [1.54, 1.807) is 12.1 Å². The molecule has 1 heterocycles. The summed E-state index contributed by atoms with van der Waals surface area (Å²) in [5.74, 6) is 1.02. The van der Waals surface area contributed by atoms with Crippen molar-refractivity contribution in [2.45, 2.75) is 25.8 Å². The predicted octanol–water partition coefficient (Wildman–Crippen LogP) is 4.89. The minimum absolute atomic E-state index is 0.0136. The van der Waals surface area contributed by atoms with Crippen LogP contribution < -0.4 is 5.32 Å². The molecule has 27 heavy (non-hydrogen) atoms. The average Bonchev–Trinajstić information content (AvgIpc) is 2.98. The SMILES string of the molecule is C=C(Br)Cn1c(CCCNC(=O)Cc2ccc(Cl)cc2)nc2ccccc21. The topological polar surface area (TPSA) is 46.9 Å². The van der Waals surface area contributed by atoms with Crippen molar-refractivity contribution in [2.75, 3.05) is 6.54 Å². The molecule has 0 radical (unpaired) electrons. The second-order valence-corrected chi connectivity index (χ2v) is 7.93. The molecule has 3 aromatic rings. The first kappa shape index (κ1) is 19.6. The lowest BCUT2D eigenvalue weighted by molar-refractivity contribution is -0.120. The molecule has 1 amide bonds. The highest BCUT2D eigenvalue weighted by atomic mass is 79.9. The van der Waals surface area contributed by atoms with E-state index in [0.29, 0.717) is 24.5 Å². The molecule has 0 spiro atoms. The van der Waals surface area contributed by atoms with E-state index >= 15 is 0 Å². The number of halogens is 2. The molecule has 0 atom stereocenters. The van der Waals surface area contributed by atoms with Gasteiger partial charge < -0.3 is 9.88 Å². The van der Waals surface area contributed by atoms with E-state index in [2.05, 4.69) is 38.5 Å². The van der Waals surface area contributed by atoms with Gasteiger partial charge >= 0.3 is 0 Å². The molecule has 1 aromatic heterocycles. The summed E-state index contributed by atoms with van der Waals surface area (Å²) in [5.41, 5.74) is 3.03. The van der Waals surface area contributed by atoms with Crippen molar-refractivity contribution in [1.29, 1.82) is 0 Å². The summed E-state index contributed by atoms with van der Waals surface area (Å²) in [6, 6.07) is 15.4. The van der Waals surface area contributed by atoms with Crippen molar-refractivity contribution < 1.29 is 4.79 Å². The Morgan fingerprint density at radius 2 is 1.93 bits per heavy atom. The van der Waals surface area contributed by atoms with Crippen LogP contribution in [0.1, 0.15) is 17.8 Å². The Morgan fingerprint density at radius 3 is 2.67 bits per heavy atom. The van der Waals surface area contributed by atoms with Crippen LogP contribution in [-0.2, 0) is 24.2 Å². The molecule has 0 fully saturated rings. The first-order valence-electron chi connectivity index (χ1n) is 8.81. The standard InChI is InChI=1S/C21H21BrClN3O/c1-15(22)14-26-19-6-3-2-5-18(19)25-20(26)7-4-12-24-21(27)13-16-8-10-17(23)11-9-16/h2-3,5-6,8-11H,1,4,7,12-14H2,(H,24,27). The Balaban J connectivity index is 1.55. The molecule has 140 valence electrons. The Hall–Kier alpha value is -2.11. The van der Waals surface area contributed by atoms with Crippen LogP contribution >= 0.6 is 27.5 Å². The number of carbonyl (C=O) groups excluding carboxylic acids is 1. The van der Waals surface area contributed by atoms with Crippen molar-refractivity contribution in [1.82, 2.24) is 14.9 Å². The summed E-state index contributed by atoms with van der Waals surface area (Å²) in [7, 11) is 0. The number of benzene rings is 2. The largest absolute Gasteiger partial charge is 0.356 e. The maximum absolute atomic E-state index is 12.1. The van der Waals surface area contributed by atoms with Crippen LogP contribution in [0, 0.1) is 0 Å². The molecule has 0 saturated heterocycles. The van der Waals surface area contributed by atoms with Gasteiger partial charge in [0.05, 0.1) is 24.0 Å². The van der Waals surface area contributed by atoms with Crippen molar-refractivity contribution >= 4 is 44.5 Å². The number of hydrogen-bond donors (Lipinski definition) is 1. The van der Waals surface area contributed by atoms with E-state index in [-0.39, 0.29) is 5.91 Å². The van der Waals surface area contributed by atoms with Crippen molar-refractivity contribution in [3.8, 4) is 0 Å². The van der Waals surface area contributed by atoms with Crippen LogP contribution in [0.15, 0.2) is 59.6 Å². The summed E-state index contributed by atoms with van der Waals surface area (Å²) in [4.78, 5) is 16.8. The highest BCUT2D eigenvalue weighted by Gasteiger charge is 2.11.